The fourth-order valence-electron chi connectivity index (χ4n) is 2.43. The number of nitrogens with zero attached hydrogens (tertiary/aromatic N) is 1. The number of anilines is 1. The Morgan fingerprint density at radius 3 is 2.41 bits per heavy atom. The second-order valence-corrected chi connectivity index (χ2v) is 4.75. The van der Waals surface area contributed by atoms with Gasteiger partial charge in [0.25, 0.3) is 0 Å². The Bertz CT molecular complexity index is 380. The predicted octanol–water partition coefficient (Wildman–Crippen LogP) is 2.30. The first kappa shape index (κ1) is 12.1. The molecule has 0 unspecified atom stereocenters. The van der Waals surface area contributed by atoms with Crippen LogP contribution in [0.15, 0.2) is 24.3 Å². The Balaban J connectivity index is 2.07. The summed E-state index contributed by atoms with van der Waals surface area (Å²) in [6, 6.07) is 7.89. The maximum Gasteiger partial charge on any atom is 0.229 e. The minimum atomic E-state index is 0.231. The van der Waals surface area contributed by atoms with E-state index >= 15 is 0 Å². The van der Waals surface area contributed by atoms with Crippen LogP contribution in [0.5, 0.6) is 0 Å². The SMILES string of the molecule is CN(C(=O)C1CCCC1)c1ccc(CN)cc1. The fraction of sp³-hybridized carbons (Fsp3) is 0.500. The van der Waals surface area contributed by atoms with Crippen molar-refractivity contribution in [2.45, 2.75) is 32.2 Å². The third-order valence-electron chi connectivity index (χ3n) is 3.59. The van der Waals surface area contributed by atoms with Gasteiger partial charge in [-0.05, 0) is 30.5 Å². The number of carbonyl (C=O) groups is 1. The molecule has 0 atom stereocenters. The standard InChI is InChI=1S/C14H20N2O/c1-16(14(17)12-4-2-3-5-12)13-8-6-11(10-15)7-9-13/h6-9,12H,2-5,10,15H2,1H3. The van der Waals surface area contributed by atoms with Gasteiger partial charge in [-0.3, -0.25) is 4.79 Å². The molecule has 1 fully saturated rings. The molecule has 0 aromatic heterocycles. The topological polar surface area (TPSA) is 46.3 Å². The highest BCUT2D eigenvalue weighted by molar-refractivity contribution is 5.94. The van der Waals surface area contributed by atoms with Gasteiger partial charge in [-0.25, -0.2) is 0 Å². The maximum atomic E-state index is 12.2. The second-order valence-electron chi connectivity index (χ2n) is 4.75. The molecule has 3 nitrogen and oxygen atoms in total. The fourth-order valence-corrected chi connectivity index (χ4v) is 2.43. The lowest BCUT2D eigenvalue weighted by molar-refractivity contribution is -0.121. The molecule has 1 aromatic carbocycles. The van der Waals surface area contributed by atoms with E-state index in [1.54, 1.807) is 4.90 Å². The average molecular weight is 232 g/mol. The van der Waals surface area contributed by atoms with Gasteiger partial charge in [0.05, 0.1) is 0 Å². The van der Waals surface area contributed by atoms with Crippen LogP contribution in [0.3, 0.4) is 0 Å². The number of amides is 1. The summed E-state index contributed by atoms with van der Waals surface area (Å²) in [5.74, 6) is 0.484. The van der Waals surface area contributed by atoms with Gasteiger partial charge in [-0.15, -0.1) is 0 Å². The lowest BCUT2D eigenvalue weighted by atomic mass is 10.1. The van der Waals surface area contributed by atoms with E-state index in [-0.39, 0.29) is 11.8 Å². The third kappa shape index (κ3) is 2.67. The van der Waals surface area contributed by atoms with Crippen LogP contribution in [-0.4, -0.2) is 13.0 Å². The molecular formula is C14H20N2O. The molecule has 2 rings (SSSR count). The molecule has 1 saturated carbocycles. The lowest BCUT2D eigenvalue weighted by Crippen LogP contribution is -2.31. The molecule has 0 spiro atoms. The number of rotatable bonds is 3. The van der Waals surface area contributed by atoms with Gasteiger partial charge in [0.2, 0.25) is 5.91 Å². The quantitative estimate of drug-likeness (QED) is 0.869. The zero-order chi connectivity index (χ0) is 12.3. The minimum Gasteiger partial charge on any atom is -0.326 e. The van der Waals surface area contributed by atoms with E-state index in [2.05, 4.69) is 0 Å². The molecule has 17 heavy (non-hydrogen) atoms. The van der Waals surface area contributed by atoms with Crippen molar-refractivity contribution >= 4 is 11.6 Å². The van der Waals surface area contributed by atoms with Crippen molar-refractivity contribution in [3.05, 3.63) is 29.8 Å². The summed E-state index contributed by atoms with van der Waals surface area (Å²) < 4.78 is 0. The molecule has 3 heteroatoms. The summed E-state index contributed by atoms with van der Waals surface area (Å²) in [6.45, 7) is 0.542. The van der Waals surface area contributed by atoms with E-state index in [0.717, 1.165) is 24.1 Å². The lowest BCUT2D eigenvalue weighted by Gasteiger charge is -2.21. The molecule has 92 valence electrons. The van der Waals surface area contributed by atoms with Crippen LogP contribution < -0.4 is 10.6 Å². The normalized spacial score (nSPS) is 16.1. The number of hydrogen-bond donors (Lipinski definition) is 1. The van der Waals surface area contributed by atoms with E-state index in [0.29, 0.717) is 6.54 Å². The number of benzene rings is 1. The largest absolute Gasteiger partial charge is 0.326 e. The van der Waals surface area contributed by atoms with Crippen molar-refractivity contribution in [2.75, 3.05) is 11.9 Å². The van der Waals surface area contributed by atoms with Gasteiger partial charge in [0.1, 0.15) is 0 Å². The zero-order valence-corrected chi connectivity index (χ0v) is 10.4. The van der Waals surface area contributed by atoms with Crippen molar-refractivity contribution in [1.29, 1.82) is 0 Å². The Hall–Kier alpha value is -1.35. The molecule has 1 aliphatic carbocycles. The molecule has 1 aliphatic rings. The zero-order valence-electron chi connectivity index (χ0n) is 10.4. The van der Waals surface area contributed by atoms with Gasteiger partial charge in [-0.1, -0.05) is 25.0 Å². The van der Waals surface area contributed by atoms with E-state index in [1.165, 1.54) is 12.8 Å². The Kier molecular flexibility index (Phi) is 3.79. The van der Waals surface area contributed by atoms with E-state index in [1.807, 2.05) is 31.3 Å². The number of hydrogen-bond acceptors (Lipinski definition) is 2. The minimum absolute atomic E-state index is 0.231. The van der Waals surface area contributed by atoms with Gasteiger partial charge in [0, 0.05) is 25.2 Å². The molecule has 0 aliphatic heterocycles. The van der Waals surface area contributed by atoms with Crippen LogP contribution >= 0.6 is 0 Å². The van der Waals surface area contributed by atoms with Crippen molar-refractivity contribution in [3.8, 4) is 0 Å². The van der Waals surface area contributed by atoms with Gasteiger partial charge >= 0.3 is 0 Å². The Labute approximate surface area is 103 Å². The molecule has 0 radical (unpaired) electrons. The molecule has 1 amide bonds. The second kappa shape index (κ2) is 5.32. The van der Waals surface area contributed by atoms with E-state index in [4.69, 9.17) is 5.73 Å². The number of carbonyl (C=O) groups excluding carboxylic acids is 1. The summed E-state index contributed by atoms with van der Waals surface area (Å²) >= 11 is 0. The Morgan fingerprint density at radius 1 is 1.29 bits per heavy atom. The first-order chi connectivity index (χ1) is 8.22. The third-order valence-corrected chi connectivity index (χ3v) is 3.59. The highest BCUT2D eigenvalue weighted by Crippen LogP contribution is 2.28. The Morgan fingerprint density at radius 2 is 1.88 bits per heavy atom. The van der Waals surface area contributed by atoms with Crippen molar-refractivity contribution in [1.82, 2.24) is 0 Å². The smallest absolute Gasteiger partial charge is 0.229 e. The molecule has 1 aromatic rings. The molecule has 0 bridgehead atoms. The first-order valence-electron chi connectivity index (χ1n) is 6.29. The molecule has 0 heterocycles. The van der Waals surface area contributed by atoms with Crippen molar-refractivity contribution in [2.24, 2.45) is 11.7 Å². The van der Waals surface area contributed by atoms with Crippen molar-refractivity contribution in [3.63, 3.8) is 0 Å². The van der Waals surface area contributed by atoms with Gasteiger partial charge in [0.15, 0.2) is 0 Å². The van der Waals surface area contributed by atoms with E-state index < -0.39 is 0 Å². The maximum absolute atomic E-state index is 12.2. The van der Waals surface area contributed by atoms with Gasteiger partial charge < -0.3 is 10.6 Å². The first-order valence-corrected chi connectivity index (χ1v) is 6.29. The average Bonchev–Trinajstić information content (AvgIpc) is 2.91. The summed E-state index contributed by atoms with van der Waals surface area (Å²) in [5.41, 5.74) is 7.61. The summed E-state index contributed by atoms with van der Waals surface area (Å²) in [6.07, 6.45) is 4.47. The highest BCUT2D eigenvalue weighted by Gasteiger charge is 2.25. The summed E-state index contributed by atoms with van der Waals surface area (Å²) in [4.78, 5) is 14.0. The van der Waals surface area contributed by atoms with Gasteiger partial charge in [-0.2, -0.15) is 0 Å². The monoisotopic (exact) mass is 232 g/mol. The van der Waals surface area contributed by atoms with Crippen LogP contribution in [0, 0.1) is 5.92 Å². The summed E-state index contributed by atoms with van der Waals surface area (Å²) in [5, 5.41) is 0. The summed E-state index contributed by atoms with van der Waals surface area (Å²) in [7, 11) is 1.86. The van der Waals surface area contributed by atoms with Crippen LogP contribution in [0.1, 0.15) is 31.2 Å². The predicted molar refractivity (Wildman–Crippen MR) is 69.7 cm³/mol. The van der Waals surface area contributed by atoms with Crippen molar-refractivity contribution < 1.29 is 4.79 Å². The molecule has 2 N–H and O–H groups in total. The number of nitrogens with two attached hydrogens (primary N) is 1. The molecule has 0 saturated heterocycles. The van der Waals surface area contributed by atoms with Crippen LogP contribution in [0.2, 0.25) is 0 Å². The molecular weight excluding hydrogens is 212 g/mol. The van der Waals surface area contributed by atoms with Crippen LogP contribution in [-0.2, 0) is 11.3 Å². The van der Waals surface area contributed by atoms with E-state index in [9.17, 15) is 4.79 Å². The van der Waals surface area contributed by atoms with Crippen LogP contribution in [0.4, 0.5) is 5.69 Å². The highest BCUT2D eigenvalue weighted by atomic mass is 16.2. The van der Waals surface area contributed by atoms with Crippen LogP contribution in [0.25, 0.3) is 0 Å².